The molecule has 0 unspecified atom stereocenters. The minimum atomic E-state index is -0.797. The first-order valence-corrected chi connectivity index (χ1v) is 7.38. The number of rotatable bonds is 3. The van der Waals surface area contributed by atoms with E-state index in [1.165, 1.54) is 23.9 Å². The van der Waals surface area contributed by atoms with Gasteiger partial charge in [-0.25, -0.2) is 9.37 Å². The lowest BCUT2D eigenvalue weighted by molar-refractivity contribution is 0.597. The molecule has 3 aromatic heterocycles. The molecule has 0 atom stereocenters. The number of nitrogens with one attached hydrogen (secondary N) is 2. The number of aryl methyl sites for hydroxylation is 1. The molecule has 3 heterocycles. The van der Waals surface area contributed by atoms with Gasteiger partial charge in [0.15, 0.2) is 5.82 Å². The maximum absolute atomic E-state index is 13.5. The highest BCUT2D eigenvalue weighted by Gasteiger charge is 2.08. The van der Waals surface area contributed by atoms with Crippen LogP contribution in [-0.4, -0.2) is 30.2 Å². The standard InChI is InChI=1S/C16H12FN7O/c1-24-13-7-14(18-8-10(13)6-12(17)16(24)25)19-11-4-2-9(3-5-11)15-20-22-23-21-15/h2-8H,1H3,(H,18,19)(H,20,21,22,23). The van der Waals surface area contributed by atoms with Gasteiger partial charge < -0.3 is 9.88 Å². The minimum Gasteiger partial charge on any atom is -0.340 e. The molecule has 4 aromatic rings. The highest BCUT2D eigenvalue weighted by Crippen LogP contribution is 2.21. The van der Waals surface area contributed by atoms with Crippen molar-refractivity contribution in [3.8, 4) is 11.4 Å². The van der Waals surface area contributed by atoms with E-state index in [2.05, 4.69) is 30.9 Å². The number of aromatic nitrogens is 6. The summed E-state index contributed by atoms with van der Waals surface area (Å²) < 4.78 is 14.8. The van der Waals surface area contributed by atoms with E-state index in [4.69, 9.17) is 0 Å². The lowest BCUT2D eigenvalue weighted by Gasteiger charge is -2.09. The lowest BCUT2D eigenvalue weighted by atomic mass is 10.2. The number of fused-ring (bicyclic) bond motifs is 1. The predicted molar refractivity (Wildman–Crippen MR) is 89.8 cm³/mol. The van der Waals surface area contributed by atoms with Crippen LogP contribution in [0.4, 0.5) is 15.9 Å². The molecular formula is C16H12FN7O. The van der Waals surface area contributed by atoms with Crippen molar-refractivity contribution in [2.24, 2.45) is 7.05 Å². The van der Waals surface area contributed by atoms with Crippen molar-refractivity contribution in [2.75, 3.05) is 5.32 Å². The third kappa shape index (κ3) is 2.71. The Bertz CT molecular complexity index is 1100. The molecule has 0 spiro atoms. The fourth-order valence-corrected chi connectivity index (χ4v) is 2.53. The predicted octanol–water partition coefficient (Wildman–Crippen LogP) is 2.00. The van der Waals surface area contributed by atoms with Gasteiger partial charge in [0, 0.05) is 35.9 Å². The molecule has 0 aliphatic rings. The van der Waals surface area contributed by atoms with Crippen LogP contribution in [0.2, 0.25) is 0 Å². The smallest absolute Gasteiger partial charge is 0.286 e. The third-order valence-corrected chi connectivity index (χ3v) is 3.83. The number of H-pyrrole nitrogens is 1. The summed E-state index contributed by atoms with van der Waals surface area (Å²) >= 11 is 0. The highest BCUT2D eigenvalue weighted by atomic mass is 19.1. The Morgan fingerprint density at radius 2 is 2.00 bits per heavy atom. The van der Waals surface area contributed by atoms with Crippen LogP contribution in [0.25, 0.3) is 22.3 Å². The Balaban J connectivity index is 1.65. The van der Waals surface area contributed by atoms with Gasteiger partial charge in [-0.1, -0.05) is 0 Å². The summed E-state index contributed by atoms with van der Waals surface area (Å²) in [5, 5.41) is 17.5. The molecule has 1 aromatic carbocycles. The number of nitrogens with zero attached hydrogens (tertiary/aromatic N) is 5. The van der Waals surface area contributed by atoms with Crippen LogP contribution in [0.15, 0.2) is 47.4 Å². The molecule has 0 saturated carbocycles. The lowest BCUT2D eigenvalue weighted by Crippen LogP contribution is -2.20. The molecule has 4 rings (SSSR count). The molecule has 0 aliphatic carbocycles. The Hall–Kier alpha value is -3.62. The highest BCUT2D eigenvalue weighted by molar-refractivity contribution is 5.81. The van der Waals surface area contributed by atoms with Gasteiger partial charge in [0.25, 0.3) is 5.56 Å². The molecule has 0 fully saturated rings. The van der Waals surface area contributed by atoms with Gasteiger partial charge in [-0.3, -0.25) is 4.79 Å². The quantitative estimate of drug-likeness (QED) is 0.593. The average molecular weight is 337 g/mol. The van der Waals surface area contributed by atoms with Crippen molar-refractivity contribution in [1.29, 1.82) is 0 Å². The zero-order valence-electron chi connectivity index (χ0n) is 13.1. The molecule has 0 radical (unpaired) electrons. The van der Waals surface area contributed by atoms with Crippen LogP contribution in [0.1, 0.15) is 0 Å². The fourth-order valence-electron chi connectivity index (χ4n) is 2.53. The van der Waals surface area contributed by atoms with Gasteiger partial charge in [-0.15, -0.1) is 10.2 Å². The Labute approximate surface area is 140 Å². The Morgan fingerprint density at radius 1 is 1.20 bits per heavy atom. The number of tetrazole rings is 1. The van der Waals surface area contributed by atoms with E-state index in [1.54, 1.807) is 6.07 Å². The monoisotopic (exact) mass is 337 g/mol. The van der Waals surface area contributed by atoms with Gasteiger partial charge >= 0.3 is 0 Å². The second-order valence-electron chi connectivity index (χ2n) is 5.42. The number of benzene rings is 1. The maximum Gasteiger partial charge on any atom is 0.286 e. The molecule has 124 valence electrons. The molecule has 0 amide bonds. The maximum atomic E-state index is 13.5. The Morgan fingerprint density at radius 3 is 2.72 bits per heavy atom. The molecular weight excluding hydrogens is 325 g/mol. The Kier molecular flexibility index (Phi) is 3.46. The molecule has 0 bridgehead atoms. The van der Waals surface area contributed by atoms with Crippen LogP contribution in [0.3, 0.4) is 0 Å². The summed E-state index contributed by atoms with van der Waals surface area (Å²) in [5.74, 6) is 0.253. The topological polar surface area (TPSA) is 101 Å². The van der Waals surface area contributed by atoms with Crippen molar-refractivity contribution < 1.29 is 4.39 Å². The summed E-state index contributed by atoms with van der Waals surface area (Å²) in [6.45, 7) is 0. The molecule has 0 saturated heterocycles. The van der Waals surface area contributed by atoms with E-state index < -0.39 is 11.4 Å². The van der Waals surface area contributed by atoms with Crippen LogP contribution < -0.4 is 10.9 Å². The third-order valence-electron chi connectivity index (χ3n) is 3.83. The van der Waals surface area contributed by atoms with Crippen molar-refractivity contribution in [3.63, 3.8) is 0 Å². The van der Waals surface area contributed by atoms with E-state index in [-0.39, 0.29) is 0 Å². The zero-order chi connectivity index (χ0) is 17.4. The van der Waals surface area contributed by atoms with Crippen LogP contribution in [0, 0.1) is 5.82 Å². The summed E-state index contributed by atoms with van der Waals surface area (Å²) in [7, 11) is 1.53. The number of hydrogen-bond acceptors (Lipinski definition) is 6. The molecule has 25 heavy (non-hydrogen) atoms. The van der Waals surface area contributed by atoms with Crippen molar-refractivity contribution >= 4 is 22.4 Å². The van der Waals surface area contributed by atoms with Crippen LogP contribution in [0.5, 0.6) is 0 Å². The van der Waals surface area contributed by atoms with Crippen LogP contribution >= 0.6 is 0 Å². The number of hydrogen-bond donors (Lipinski definition) is 2. The van der Waals surface area contributed by atoms with E-state index in [1.807, 2.05) is 24.3 Å². The second kappa shape index (κ2) is 5.78. The van der Waals surface area contributed by atoms with Gasteiger partial charge in [0.2, 0.25) is 5.82 Å². The molecule has 0 aliphatic heterocycles. The number of aromatic amines is 1. The number of pyridine rings is 2. The molecule has 9 heteroatoms. The first kappa shape index (κ1) is 14.9. The van der Waals surface area contributed by atoms with Gasteiger partial charge in [-0.2, -0.15) is 5.21 Å². The molecule has 2 N–H and O–H groups in total. The van der Waals surface area contributed by atoms with E-state index >= 15 is 0 Å². The van der Waals surface area contributed by atoms with Gasteiger partial charge in [0.05, 0.1) is 5.52 Å². The van der Waals surface area contributed by atoms with Crippen LogP contribution in [-0.2, 0) is 7.05 Å². The summed E-state index contributed by atoms with van der Waals surface area (Å²) in [6, 6.07) is 10.3. The van der Waals surface area contributed by atoms with Crippen molar-refractivity contribution in [3.05, 3.63) is 58.8 Å². The van der Waals surface area contributed by atoms with E-state index in [9.17, 15) is 9.18 Å². The normalized spacial score (nSPS) is 11.0. The summed E-state index contributed by atoms with van der Waals surface area (Å²) in [6.07, 6.45) is 1.52. The van der Waals surface area contributed by atoms with Crippen molar-refractivity contribution in [2.45, 2.75) is 0 Å². The minimum absolute atomic E-state index is 0.507. The van der Waals surface area contributed by atoms with Crippen molar-refractivity contribution in [1.82, 2.24) is 30.2 Å². The second-order valence-corrected chi connectivity index (χ2v) is 5.42. The number of halogens is 1. The molecule has 8 nitrogen and oxygen atoms in total. The number of anilines is 2. The SMILES string of the molecule is Cn1c(=O)c(F)cc2cnc(Nc3ccc(-c4nn[nH]n4)cc3)cc21. The average Bonchev–Trinajstić information content (AvgIpc) is 3.16. The van der Waals surface area contributed by atoms with Gasteiger partial charge in [-0.05, 0) is 35.5 Å². The summed E-state index contributed by atoms with van der Waals surface area (Å²) in [5.41, 5.74) is 1.54. The zero-order valence-corrected chi connectivity index (χ0v) is 13.1. The van der Waals surface area contributed by atoms with Gasteiger partial charge in [0.1, 0.15) is 5.82 Å². The largest absolute Gasteiger partial charge is 0.340 e. The van der Waals surface area contributed by atoms with E-state index in [0.29, 0.717) is 22.5 Å². The summed E-state index contributed by atoms with van der Waals surface area (Å²) in [4.78, 5) is 16.0. The first-order valence-electron chi connectivity index (χ1n) is 7.38. The fraction of sp³-hybridized carbons (Fsp3) is 0.0625. The first-order chi connectivity index (χ1) is 12.1. The van der Waals surface area contributed by atoms with E-state index in [0.717, 1.165) is 11.3 Å².